The summed E-state index contributed by atoms with van der Waals surface area (Å²) in [5.74, 6) is 0.370. The van der Waals surface area contributed by atoms with Crippen molar-refractivity contribution in [2.75, 3.05) is 46.2 Å². The topological polar surface area (TPSA) is 82.5 Å². The molecule has 1 aliphatic rings. The number of anilines is 1. The van der Waals surface area contributed by atoms with Gasteiger partial charge in [0.25, 0.3) is 11.8 Å². The van der Waals surface area contributed by atoms with Gasteiger partial charge in [-0.05, 0) is 25.0 Å². The summed E-state index contributed by atoms with van der Waals surface area (Å²) >= 11 is 0. The number of hydrogen-bond donors (Lipinski definition) is 0. The van der Waals surface area contributed by atoms with Crippen LogP contribution in [-0.2, 0) is 0 Å². The largest absolute Gasteiger partial charge is 0.347 e. The number of nitrogens with zero attached hydrogens (tertiary/aromatic N) is 6. The van der Waals surface area contributed by atoms with Crippen LogP contribution in [0, 0.1) is 6.92 Å². The predicted molar refractivity (Wildman–Crippen MR) is 107 cm³/mol. The average molecular weight is 382 g/mol. The maximum atomic E-state index is 12.8. The summed E-state index contributed by atoms with van der Waals surface area (Å²) in [5.41, 5.74) is 2.73. The second kappa shape index (κ2) is 7.92. The maximum Gasteiger partial charge on any atom is 0.256 e. The van der Waals surface area contributed by atoms with Gasteiger partial charge in [0, 0.05) is 65.8 Å². The number of aromatic nitrogens is 3. The molecule has 0 bridgehead atoms. The second-order valence-electron chi connectivity index (χ2n) is 7.55. The summed E-state index contributed by atoms with van der Waals surface area (Å²) < 4.78 is 0. The number of aryl methyl sites for hydroxylation is 1. The van der Waals surface area contributed by atoms with E-state index in [0.717, 1.165) is 12.0 Å². The molecule has 148 valence electrons. The highest BCUT2D eigenvalue weighted by atomic mass is 16.2. The Labute approximate surface area is 165 Å². The van der Waals surface area contributed by atoms with Crippen LogP contribution in [0.1, 0.15) is 44.3 Å². The molecule has 0 aliphatic carbocycles. The summed E-state index contributed by atoms with van der Waals surface area (Å²) in [7, 11) is 7.14. The van der Waals surface area contributed by atoms with Gasteiger partial charge in [-0.3, -0.25) is 14.6 Å². The van der Waals surface area contributed by atoms with Crippen molar-refractivity contribution in [1.82, 2.24) is 24.8 Å². The number of carbonyl (C=O) groups is 2. The van der Waals surface area contributed by atoms with Crippen molar-refractivity contribution in [3.05, 3.63) is 47.0 Å². The second-order valence-corrected chi connectivity index (χ2v) is 7.55. The molecule has 1 aliphatic heterocycles. The van der Waals surface area contributed by atoms with Crippen LogP contribution in [0.3, 0.4) is 0 Å². The molecule has 2 aromatic rings. The Hall–Kier alpha value is -3.03. The zero-order valence-corrected chi connectivity index (χ0v) is 17.0. The summed E-state index contributed by atoms with van der Waals surface area (Å²) in [5, 5.41) is 0. The standard InChI is InChI=1S/C20H26N6O2/c1-13-8-15(10-21-9-13)18(27)26-7-6-14(12-26)17-16(19(28)24(2)3)11-22-20(23-17)25(4)5/h8-11,14H,6-7,12H2,1-5H3. The van der Waals surface area contributed by atoms with E-state index < -0.39 is 0 Å². The van der Waals surface area contributed by atoms with Crippen LogP contribution in [-0.4, -0.2) is 77.8 Å². The number of likely N-dealkylation sites (tertiary alicyclic amines) is 1. The first-order valence-electron chi connectivity index (χ1n) is 9.24. The van der Waals surface area contributed by atoms with Crippen LogP contribution >= 0.6 is 0 Å². The molecule has 2 aromatic heterocycles. The Morgan fingerprint density at radius 3 is 2.54 bits per heavy atom. The SMILES string of the molecule is Cc1cncc(C(=O)N2CCC(c3nc(N(C)C)ncc3C(=O)N(C)C)C2)c1. The Kier molecular flexibility index (Phi) is 5.58. The smallest absolute Gasteiger partial charge is 0.256 e. The Morgan fingerprint density at radius 2 is 1.89 bits per heavy atom. The Morgan fingerprint density at radius 1 is 1.14 bits per heavy atom. The Bertz CT molecular complexity index is 896. The van der Waals surface area contributed by atoms with Crippen molar-refractivity contribution < 1.29 is 9.59 Å². The lowest BCUT2D eigenvalue weighted by atomic mass is 9.99. The van der Waals surface area contributed by atoms with Crippen LogP contribution < -0.4 is 4.90 Å². The number of rotatable bonds is 4. The molecular formula is C20H26N6O2. The van der Waals surface area contributed by atoms with Crippen molar-refractivity contribution in [2.24, 2.45) is 0 Å². The van der Waals surface area contributed by atoms with E-state index in [1.807, 2.05) is 36.9 Å². The highest BCUT2D eigenvalue weighted by molar-refractivity contribution is 5.96. The molecule has 28 heavy (non-hydrogen) atoms. The van der Waals surface area contributed by atoms with E-state index in [-0.39, 0.29) is 17.7 Å². The molecule has 1 fully saturated rings. The van der Waals surface area contributed by atoms with Gasteiger partial charge in [-0.1, -0.05) is 0 Å². The molecule has 8 heteroatoms. The minimum absolute atomic E-state index is 0.0117. The first-order chi connectivity index (χ1) is 13.3. The highest BCUT2D eigenvalue weighted by Gasteiger charge is 2.32. The zero-order chi connectivity index (χ0) is 20.4. The first-order valence-corrected chi connectivity index (χ1v) is 9.24. The molecule has 0 N–H and O–H groups in total. The van der Waals surface area contributed by atoms with Gasteiger partial charge in [0.2, 0.25) is 5.95 Å². The van der Waals surface area contributed by atoms with E-state index in [9.17, 15) is 9.59 Å². The van der Waals surface area contributed by atoms with Crippen LogP contribution in [0.4, 0.5) is 5.95 Å². The molecule has 8 nitrogen and oxygen atoms in total. The number of hydrogen-bond acceptors (Lipinski definition) is 6. The average Bonchev–Trinajstić information content (AvgIpc) is 3.16. The summed E-state index contributed by atoms with van der Waals surface area (Å²) in [6.07, 6.45) is 5.67. The summed E-state index contributed by atoms with van der Waals surface area (Å²) in [6, 6.07) is 1.85. The normalized spacial score (nSPS) is 16.2. The molecule has 1 unspecified atom stereocenters. The zero-order valence-electron chi connectivity index (χ0n) is 17.0. The van der Waals surface area contributed by atoms with Crippen LogP contribution in [0.25, 0.3) is 0 Å². The van der Waals surface area contributed by atoms with Gasteiger partial charge >= 0.3 is 0 Å². The molecule has 0 saturated carbocycles. The van der Waals surface area contributed by atoms with Gasteiger partial charge < -0.3 is 14.7 Å². The van der Waals surface area contributed by atoms with E-state index in [4.69, 9.17) is 0 Å². The molecule has 0 aromatic carbocycles. The number of amides is 2. The number of carbonyl (C=O) groups excluding carboxylic acids is 2. The lowest BCUT2D eigenvalue weighted by molar-refractivity contribution is 0.0790. The minimum atomic E-state index is -0.132. The van der Waals surface area contributed by atoms with Crippen molar-refractivity contribution in [3.63, 3.8) is 0 Å². The van der Waals surface area contributed by atoms with E-state index in [1.54, 1.807) is 32.7 Å². The van der Waals surface area contributed by atoms with Gasteiger partial charge in [-0.15, -0.1) is 0 Å². The number of pyridine rings is 1. The summed E-state index contributed by atoms with van der Waals surface area (Å²) in [4.78, 5) is 43.7. The third-order valence-electron chi connectivity index (χ3n) is 4.83. The van der Waals surface area contributed by atoms with Gasteiger partial charge in [0.1, 0.15) is 0 Å². The monoisotopic (exact) mass is 382 g/mol. The molecule has 3 rings (SSSR count). The van der Waals surface area contributed by atoms with Crippen LogP contribution in [0.2, 0.25) is 0 Å². The lowest BCUT2D eigenvalue weighted by Crippen LogP contribution is -2.29. The van der Waals surface area contributed by atoms with Gasteiger partial charge in [-0.25, -0.2) is 9.97 Å². The molecular weight excluding hydrogens is 356 g/mol. The first kappa shape index (κ1) is 19.7. The van der Waals surface area contributed by atoms with Gasteiger partial charge in [0.15, 0.2) is 0 Å². The van der Waals surface area contributed by atoms with E-state index >= 15 is 0 Å². The van der Waals surface area contributed by atoms with E-state index in [2.05, 4.69) is 15.0 Å². The quantitative estimate of drug-likeness (QED) is 0.798. The van der Waals surface area contributed by atoms with Crippen molar-refractivity contribution in [3.8, 4) is 0 Å². The van der Waals surface area contributed by atoms with E-state index in [0.29, 0.717) is 35.9 Å². The highest BCUT2D eigenvalue weighted by Crippen LogP contribution is 2.30. The molecule has 0 spiro atoms. The third kappa shape index (κ3) is 3.95. The summed E-state index contributed by atoms with van der Waals surface area (Å²) in [6.45, 7) is 3.05. The van der Waals surface area contributed by atoms with Crippen molar-refractivity contribution in [2.45, 2.75) is 19.3 Å². The molecule has 2 amide bonds. The fourth-order valence-electron chi connectivity index (χ4n) is 3.34. The van der Waals surface area contributed by atoms with Crippen LogP contribution in [0.15, 0.2) is 24.7 Å². The minimum Gasteiger partial charge on any atom is -0.347 e. The Balaban J connectivity index is 1.88. The third-order valence-corrected chi connectivity index (χ3v) is 4.83. The predicted octanol–water partition coefficient (Wildman–Crippen LogP) is 1.58. The van der Waals surface area contributed by atoms with Crippen molar-refractivity contribution >= 4 is 17.8 Å². The molecule has 0 radical (unpaired) electrons. The van der Waals surface area contributed by atoms with Crippen LogP contribution in [0.5, 0.6) is 0 Å². The van der Waals surface area contributed by atoms with E-state index in [1.165, 1.54) is 4.90 Å². The fraction of sp³-hybridized carbons (Fsp3) is 0.450. The van der Waals surface area contributed by atoms with Gasteiger partial charge in [-0.2, -0.15) is 0 Å². The van der Waals surface area contributed by atoms with Gasteiger partial charge in [0.05, 0.1) is 16.8 Å². The molecule has 1 atom stereocenters. The maximum absolute atomic E-state index is 12.8. The lowest BCUT2D eigenvalue weighted by Gasteiger charge is -2.20. The molecule has 3 heterocycles. The molecule has 1 saturated heterocycles. The van der Waals surface area contributed by atoms with Crippen molar-refractivity contribution in [1.29, 1.82) is 0 Å². The fourth-order valence-corrected chi connectivity index (χ4v) is 3.34.